The molecule has 7 nitrogen and oxygen atoms in total. The minimum absolute atomic E-state index is 0.385. The molecule has 2 rings (SSSR count). The van der Waals surface area contributed by atoms with Gasteiger partial charge in [-0.05, 0) is 0 Å². The predicted octanol–water partition coefficient (Wildman–Crippen LogP) is -0.791. The van der Waals surface area contributed by atoms with Crippen LogP contribution >= 0.6 is 0 Å². The third kappa shape index (κ3) is 1.29. The van der Waals surface area contributed by atoms with Crippen LogP contribution in [0.1, 0.15) is 11.6 Å². The highest BCUT2D eigenvalue weighted by atomic mass is 16.4. The Hall–Kier alpha value is -2.02. The normalized spacial score (nSPS) is 12.9. The number of fused-ring (bicyclic) bond motifs is 1. The van der Waals surface area contributed by atoms with E-state index in [4.69, 9.17) is 10.8 Å². The van der Waals surface area contributed by atoms with E-state index in [-0.39, 0.29) is 0 Å². The Kier molecular flexibility index (Phi) is 1.86. The Labute approximate surface area is 78.2 Å². The second-order valence-electron chi connectivity index (χ2n) is 2.71. The minimum atomic E-state index is -1.11. The summed E-state index contributed by atoms with van der Waals surface area (Å²) in [6, 6.07) is -1.09. The molecule has 0 amide bonds. The number of hydrogen-bond donors (Lipinski definition) is 2. The highest BCUT2D eigenvalue weighted by molar-refractivity contribution is 5.74. The third-order valence-electron chi connectivity index (χ3n) is 1.78. The molecule has 2 aromatic rings. The van der Waals surface area contributed by atoms with Gasteiger partial charge in [-0.15, -0.1) is 0 Å². The summed E-state index contributed by atoms with van der Waals surface area (Å²) in [4.78, 5) is 18.3. The molecule has 14 heavy (non-hydrogen) atoms. The summed E-state index contributed by atoms with van der Waals surface area (Å²) in [6.07, 6.45) is 4.20. The highest BCUT2D eigenvalue weighted by Gasteiger charge is 2.15. The van der Waals surface area contributed by atoms with Gasteiger partial charge >= 0.3 is 5.97 Å². The Balaban J connectivity index is 2.48. The first-order valence-electron chi connectivity index (χ1n) is 3.82. The zero-order chi connectivity index (χ0) is 10.1. The van der Waals surface area contributed by atoms with Gasteiger partial charge in [-0.3, -0.25) is 4.79 Å². The summed E-state index contributed by atoms with van der Waals surface area (Å²) in [7, 11) is 0. The number of carboxylic acids is 1. The van der Waals surface area contributed by atoms with E-state index in [1.165, 1.54) is 23.2 Å². The Morgan fingerprint density at radius 3 is 3.07 bits per heavy atom. The topological polar surface area (TPSA) is 106 Å². The molecule has 0 radical (unpaired) electrons. The van der Waals surface area contributed by atoms with Gasteiger partial charge in [-0.25, -0.2) is 9.50 Å². The molecule has 72 valence electrons. The average Bonchev–Trinajstić information content (AvgIpc) is 2.62. The lowest BCUT2D eigenvalue weighted by molar-refractivity contribution is -0.138. The molecule has 0 fully saturated rings. The predicted molar refractivity (Wildman–Crippen MR) is 45.3 cm³/mol. The summed E-state index contributed by atoms with van der Waals surface area (Å²) < 4.78 is 1.37. The molecule has 0 aliphatic carbocycles. The minimum Gasteiger partial charge on any atom is -0.480 e. The molecule has 3 N–H and O–H groups in total. The summed E-state index contributed by atoms with van der Waals surface area (Å²) in [5.41, 5.74) is 5.78. The van der Waals surface area contributed by atoms with Gasteiger partial charge in [0.25, 0.3) is 5.78 Å². The van der Waals surface area contributed by atoms with Crippen LogP contribution in [0.5, 0.6) is 0 Å². The molecular formula is C7H7N5O2. The second kappa shape index (κ2) is 3.04. The van der Waals surface area contributed by atoms with E-state index in [2.05, 4.69) is 15.1 Å². The first-order chi connectivity index (χ1) is 6.68. The fourth-order valence-corrected chi connectivity index (χ4v) is 1.04. The van der Waals surface area contributed by atoms with E-state index in [1.54, 1.807) is 0 Å². The van der Waals surface area contributed by atoms with Crippen molar-refractivity contribution in [3.05, 3.63) is 24.3 Å². The maximum Gasteiger partial charge on any atom is 0.325 e. The molecule has 7 heteroatoms. The lowest BCUT2D eigenvalue weighted by Gasteiger charge is -2.04. The van der Waals surface area contributed by atoms with E-state index in [0.717, 1.165) is 0 Å². The van der Waals surface area contributed by atoms with E-state index >= 15 is 0 Å². The smallest absolute Gasteiger partial charge is 0.325 e. The maximum absolute atomic E-state index is 10.6. The van der Waals surface area contributed by atoms with Gasteiger partial charge in [-0.2, -0.15) is 10.1 Å². The van der Waals surface area contributed by atoms with Crippen LogP contribution in [-0.2, 0) is 4.79 Å². The van der Waals surface area contributed by atoms with Crippen molar-refractivity contribution in [2.75, 3.05) is 0 Å². The third-order valence-corrected chi connectivity index (χ3v) is 1.78. The SMILES string of the molecule is NC(C(=O)O)c1cnc2ncnn2c1. The van der Waals surface area contributed by atoms with Crippen molar-refractivity contribution in [3.63, 3.8) is 0 Å². The maximum atomic E-state index is 10.6. The number of nitrogens with two attached hydrogens (primary N) is 1. The molecule has 0 saturated heterocycles. The molecule has 0 aliphatic rings. The van der Waals surface area contributed by atoms with Crippen molar-refractivity contribution < 1.29 is 9.90 Å². The Morgan fingerprint density at radius 2 is 2.36 bits per heavy atom. The molecule has 0 saturated carbocycles. The zero-order valence-electron chi connectivity index (χ0n) is 7.03. The molecule has 1 unspecified atom stereocenters. The first kappa shape index (κ1) is 8.57. The Morgan fingerprint density at radius 1 is 1.57 bits per heavy atom. The van der Waals surface area contributed by atoms with E-state index in [1.807, 2.05) is 0 Å². The largest absolute Gasteiger partial charge is 0.480 e. The van der Waals surface area contributed by atoms with E-state index in [9.17, 15) is 4.79 Å². The van der Waals surface area contributed by atoms with Gasteiger partial charge in [-0.1, -0.05) is 0 Å². The highest BCUT2D eigenvalue weighted by Crippen LogP contribution is 2.08. The number of carbonyl (C=O) groups is 1. The van der Waals surface area contributed by atoms with Gasteiger partial charge in [0.05, 0.1) is 0 Å². The number of aliphatic carboxylic acids is 1. The van der Waals surface area contributed by atoms with Crippen LogP contribution in [0.2, 0.25) is 0 Å². The lowest BCUT2D eigenvalue weighted by atomic mass is 10.2. The summed E-state index contributed by atoms with van der Waals surface area (Å²) in [5, 5.41) is 12.5. The van der Waals surface area contributed by atoms with Crippen molar-refractivity contribution >= 4 is 11.7 Å². The number of carboxylic acid groups (broad SMARTS) is 1. The van der Waals surface area contributed by atoms with Crippen LogP contribution in [0, 0.1) is 0 Å². The Bertz CT molecular complexity index is 480. The zero-order valence-corrected chi connectivity index (χ0v) is 7.03. The van der Waals surface area contributed by atoms with Crippen LogP contribution in [0.4, 0.5) is 0 Å². The summed E-state index contributed by atoms with van der Waals surface area (Å²) in [5.74, 6) is -0.697. The van der Waals surface area contributed by atoms with Crippen LogP contribution in [0.3, 0.4) is 0 Å². The van der Waals surface area contributed by atoms with E-state index < -0.39 is 12.0 Å². The van der Waals surface area contributed by atoms with Crippen molar-refractivity contribution in [1.82, 2.24) is 19.6 Å². The van der Waals surface area contributed by atoms with E-state index in [0.29, 0.717) is 11.3 Å². The fourth-order valence-electron chi connectivity index (χ4n) is 1.04. The van der Waals surface area contributed by atoms with Gasteiger partial charge < -0.3 is 10.8 Å². The molecule has 0 aromatic carbocycles. The molecule has 2 aromatic heterocycles. The first-order valence-corrected chi connectivity index (χ1v) is 3.82. The van der Waals surface area contributed by atoms with Crippen molar-refractivity contribution in [1.29, 1.82) is 0 Å². The number of hydrogen-bond acceptors (Lipinski definition) is 5. The second-order valence-corrected chi connectivity index (χ2v) is 2.71. The van der Waals surface area contributed by atoms with Crippen LogP contribution in [-0.4, -0.2) is 30.7 Å². The monoisotopic (exact) mass is 193 g/mol. The lowest BCUT2D eigenvalue weighted by Crippen LogP contribution is -2.21. The molecule has 0 bridgehead atoms. The molecule has 1 atom stereocenters. The summed E-state index contributed by atoms with van der Waals surface area (Å²) >= 11 is 0. The van der Waals surface area contributed by atoms with Crippen molar-refractivity contribution in [2.24, 2.45) is 5.73 Å². The van der Waals surface area contributed by atoms with Crippen LogP contribution in [0.25, 0.3) is 5.78 Å². The fraction of sp³-hybridized carbons (Fsp3) is 0.143. The quantitative estimate of drug-likeness (QED) is 0.647. The van der Waals surface area contributed by atoms with Gasteiger partial charge in [0.15, 0.2) is 0 Å². The van der Waals surface area contributed by atoms with Gasteiger partial charge in [0.2, 0.25) is 0 Å². The molecule has 0 spiro atoms. The molecular weight excluding hydrogens is 186 g/mol. The van der Waals surface area contributed by atoms with Crippen molar-refractivity contribution in [2.45, 2.75) is 6.04 Å². The van der Waals surface area contributed by atoms with Crippen LogP contribution in [0.15, 0.2) is 18.7 Å². The number of nitrogens with zero attached hydrogens (tertiary/aromatic N) is 4. The number of aromatic nitrogens is 4. The standard InChI is InChI=1S/C7H7N5O2/c8-5(6(13)14)4-1-9-7-10-3-11-12(7)2-4/h1-3,5H,8H2,(H,13,14). The number of rotatable bonds is 2. The summed E-state index contributed by atoms with van der Waals surface area (Å²) in [6.45, 7) is 0. The molecule has 0 aliphatic heterocycles. The average molecular weight is 193 g/mol. The van der Waals surface area contributed by atoms with Crippen molar-refractivity contribution in [3.8, 4) is 0 Å². The van der Waals surface area contributed by atoms with Crippen LogP contribution < -0.4 is 5.73 Å². The van der Waals surface area contributed by atoms with Gasteiger partial charge in [0, 0.05) is 18.0 Å². The molecule has 2 heterocycles. The van der Waals surface area contributed by atoms with Gasteiger partial charge in [0.1, 0.15) is 12.4 Å².